The summed E-state index contributed by atoms with van der Waals surface area (Å²) in [5, 5.41) is 19.5. The van der Waals surface area contributed by atoms with Gasteiger partial charge in [-0.25, -0.2) is 15.0 Å². The average Bonchev–Trinajstić information content (AvgIpc) is 1.01. The van der Waals surface area contributed by atoms with Gasteiger partial charge in [0.25, 0.3) is 0 Å². The molecular weight excluding hydrogens is 1810 g/mol. The molecule has 0 N–H and O–H groups in total. The Morgan fingerprint density at radius 3 is 0.757 bits per heavy atom. The summed E-state index contributed by atoms with van der Waals surface area (Å²) in [7, 11) is 0. The topological polar surface area (TPSA) is 126 Å². The molecule has 11 heterocycles. The molecule has 0 aliphatic carbocycles. The molecule has 0 atom stereocenters. The number of benzene rings is 20. The van der Waals surface area contributed by atoms with E-state index in [2.05, 4.69) is 421 Å². The lowest BCUT2D eigenvalue weighted by Gasteiger charge is -2.32. The Balaban J connectivity index is 0.000000101. The fraction of sp³-hybridized carbons (Fsp3) is 0. The van der Waals surface area contributed by atoms with Crippen LogP contribution in [-0.4, -0.2) is 44.9 Å². The highest BCUT2D eigenvalue weighted by atomic mass is 32.1. The second-order valence-electron chi connectivity index (χ2n) is 35.3. The largest absolute Gasteiger partial charge is 0.278 e. The molecule has 17 heteroatoms. The second kappa shape index (κ2) is 32.2. The van der Waals surface area contributed by atoms with Crippen molar-refractivity contribution in [3.8, 4) is 102 Å². The molecule has 0 spiro atoms. The van der Waals surface area contributed by atoms with Crippen molar-refractivity contribution in [3.63, 3.8) is 0 Å². The Labute approximate surface area is 821 Å². The van der Waals surface area contributed by atoms with Crippen molar-refractivity contribution < 1.29 is 0 Å². The van der Waals surface area contributed by atoms with E-state index < -0.39 is 0 Å². The lowest BCUT2D eigenvalue weighted by Crippen LogP contribution is -2.18. The third kappa shape index (κ3) is 12.9. The summed E-state index contributed by atoms with van der Waals surface area (Å²) < 4.78 is 12.4. The molecule has 0 radical (unpaired) electrons. The quantitative estimate of drug-likeness (QED) is 0.137. The second-order valence-corrected chi connectivity index (χ2v) is 40.6. The van der Waals surface area contributed by atoms with Gasteiger partial charge in [-0.1, -0.05) is 303 Å². The van der Waals surface area contributed by atoms with E-state index in [9.17, 15) is 0 Å². The number of fused-ring (bicyclic) bond motifs is 21. The Hall–Kier alpha value is -17.3. The first-order valence-electron chi connectivity index (χ1n) is 46.5. The van der Waals surface area contributed by atoms with E-state index in [0.29, 0.717) is 52.8 Å². The Bertz CT molecular complexity index is 9800. The van der Waals surface area contributed by atoms with Gasteiger partial charge < -0.3 is 0 Å². The molecule has 0 amide bonds. The zero-order valence-corrected chi connectivity index (χ0v) is 78.4. The summed E-state index contributed by atoms with van der Waals surface area (Å²) >= 11 is 9.01. The van der Waals surface area contributed by atoms with Crippen LogP contribution in [0.15, 0.2) is 425 Å². The van der Waals surface area contributed by atoms with E-state index in [1.807, 2.05) is 40.9 Å². The molecule has 12 nitrogen and oxygen atoms in total. The van der Waals surface area contributed by atoms with Gasteiger partial charge in [-0.05, 0) is 154 Å². The molecule has 0 unspecified atom stereocenters. The predicted molar refractivity (Wildman–Crippen MR) is 590 cm³/mol. The summed E-state index contributed by atoms with van der Waals surface area (Å²) in [6.45, 7) is 0. The Kier molecular flexibility index (Phi) is 18.4. The fourth-order valence-electron chi connectivity index (χ4n) is 21.2. The minimum atomic E-state index is 0.597. The first-order valence-corrected chi connectivity index (χ1v) is 50.6. The van der Waals surface area contributed by atoms with Crippen LogP contribution >= 0.6 is 56.7 Å². The number of hydrogen-bond acceptors (Lipinski definition) is 17. The summed E-state index contributed by atoms with van der Waals surface area (Å²) in [6.07, 6.45) is 0. The molecule has 0 saturated heterocycles. The van der Waals surface area contributed by atoms with Gasteiger partial charge in [0.2, 0.25) is 17.8 Å². The van der Waals surface area contributed by atoms with Crippen LogP contribution in [0, 0.1) is 0 Å². The maximum Gasteiger partial charge on any atom is 0.238 e. The fourth-order valence-corrected chi connectivity index (χ4v) is 27.0. The normalized spacial score (nSPS) is 12.4. The zero-order chi connectivity index (χ0) is 91.7. The molecule has 652 valence electrons. The molecule has 28 aromatic rings. The van der Waals surface area contributed by atoms with E-state index in [1.165, 1.54) is 150 Å². The molecule has 0 bridgehead atoms. The molecule has 0 saturated carbocycles. The number of nitrogens with zero attached hydrogens (tertiary/aromatic N) is 12. The molecular formula is C123H70N12S5. The van der Waals surface area contributed by atoms with Crippen molar-refractivity contribution >= 4 is 242 Å². The third-order valence-electron chi connectivity index (χ3n) is 27.4. The lowest BCUT2D eigenvalue weighted by atomic mass is 9.91. The van der Waals surface area contributed by atoms with E-state index >= 15 is 0 Å². The van der Waals surface area contributed by atoms with Crippen LogP contribution in [0.5, 0.6) is 0 Å². The van der Waals surface area contributed by atoms with Gasteiger partial charge in [-0.2, -0.15) is 29.9 Å². The molecule has 3 aliphatic heterocycles. The van der Waals surface area contributed by atoms with Crippen LogP contribution in [0.1, 0.15) is 0 Å². The lowest BCUT2D eigenvalue weighted by molar-refractivity contribution is 1.02. The van der Waals surface area contributed by atoms with Gasteiger partial charge in [0.05, 0.1) is 34.1 Å². The Morgan fingerprint density at radius 2 is 0.393 bits per heavy atom. The minimum Gasteiger partial charge on any atom is -0.278 e. The van der Waals surface area contributed by atoms with Crippen LogP contribution in [0.3, 0.4) is 0 Å². The van der Waals surface area contributed by atoms with E-state index in [1.54, 1.807) is 34.0 Å². The predicted octanol–water partition coefficient (Wildman–Crippen LogP) is 35.3. The highest BCUT2D eigenvalue weighted by Crippen LogP contribution is 2.56. The minimum absolute atomic E-state index is 0.597. The van der Waals surface area contributed by atoms with Gasteiger partial charge in [0, 0.05) is 167 Å². The van der Waals surface area contributed by atoms with Gasteiger partial charge in [-0.15, -0.1) is 56.7 Å². The summed E-state index contributed by atoms with van der Waals surface area (Å²) in [4.78, 5) is 54.0. The van der Waals surface area contributed by atoms with Crippen LogP contribution < -0.4 is 14.7 Å². The van der Waals surface area contributed by atoms with Gasteiger partial charge in [0.15, 0.2) is 34.9 Å². The standard InChI is InChI=1S/2C43H24N4S2.C37H22N4S/c1-4-21-34-26(13-1)29-16-7-11-25-12-8-22-35(38(25)29)47(34)43-45-41(32-19-9-17-30-27-14-2-5-23-36(27)48-39(30)32)44-42(46-43)33-20-10-18-31-28-15-3-6-24-37(28)49-40(31)33;1-4-15-34-28(11-1)31-14-7-9-25-10-8-16-35(40(25)31)47(34)43-45-41(26-19-21-38-32(23-26)29-12-2-5-17-36(29)48-38)44-42(46-43)27-20-22-39-33(24-27)30-13-3-6-18-37(30)49-39;1-2-11-24(12-3-1)35-38-36(29-19-10-18-28-26-16-5-7-22-32(26)42-34(28)29)40-37(39-35)41-30-20-6-4-15-25(30)27-17-8-13-23-14-9-21-31(41)33(23)27/h2*1-24H;1-22H. The number of para-hydroxylation sites is 3. The van der Waals surface area contributed by atoms with Crippen molar-refractivity contribution in [3.05, 3.63) is 425 Å². The monoisotopic (exact) mass is 1870 g/mol. The SMILES string of the molecule is c1ccc(-c2nc(-c3cccc4c3sc3ccccc34)nc(N3c4ccccc4-c4cccc5cccc3c45)n2)cc1.c1ccc2c(c1)-c1cccc3cccc(c13)N2c1nc(-c2ccc3sc4ccccc4c3c2)nc(-c2ccc3sc4ccccc4c3c2)n1.c1ccc2c(c1)-c1cccc3cccc(c13)N2c1nc(-c2cccc3c2sc2ccccc23)nc(-c2cccc3c2sc2ccccc23)n1. The van der Waals surface area contributed by atoms with Gasteiger partial charge in [0.1, 0.15) is 0 Å². The van der Waals surface area contributed by atoms with Crippen LogP contribution in [0.4, 0.5) is 52.0 Å². The van der Waals surface area contributed by atoms with Crippen LogP contribution in [-0.2, 0) is 0 Å². The van der Waals surface area contributed by atoms with Crippen LogP contribution in [0.25, 0.3) is 235 Å². The number of hydrogen-bond donors (Lipinski definition) is 0. The van der Waals surface area contributed by atoms with Gasteiger partial charge in [-0.3, -0.25) is 14.7 Å². The van der Waals surface area contributed by atoms with Crippen LogP contribution in [0.2, 0.25) is 0 Å². The zero-order valence-electron chi connectivity index (χ0n) is 74.3. The first kappa shape index (κ1) is 80.0. The van der Waals surface area contributed by atoms with E-state index in [4.69, 9.17) is 44.9 Å². The Morgan fingerprint density at radius 1 is 0.150 bits per heavy atom. The number of thiophene rings is 5. The van der Waals surface area contributed by atoms with Crippen molar-refractivity contribution in [2.75, 3.05) is 14.7 Å². The maximum absolute atomic E-state index is 5.37. The molecule has 140 heavy (non-hydrogen) atoms. The highest BCUT2D eigenvalue weighted by molar-refractivity contribution is 7.28. The van der Waals surface area contributed by atoms with Crippen molar-refractivity contribution in [2.24, 2.45) is 0 Å². The van der Waals surface area contributed by atoms with Gasteiger partial charge >= 0.3 is 0 Å². The highest BCUT2D eigenvalue weighted by Gasteiger charge is 2.34. The molecule has 31 rings (SSSR count). The van der Waals surface area contributed by atoms with E-state index in [0.717, 1.165) is 84.2 Å². The third-order valence-corrected chi connectivity index (χ3v) is 33.3. The first-order chi connectivity index (χ1) is 69.4. The maximum atomic E-state index is 5.37. The molecule has 8 aromatic heterocycles. The summed E-state index contributed by atoms with van der Waals surface area (Å²) in [5.74, 6) is 5.75. The van der Waals surface area contributed by atoms with Crippen molar-refractivity contribution in [1.82, 2.24) is 44.9 Å². The van der Waals surface area contributed by atoms with E-state index in [-0.39, 0.29) is 0 Å². The number of anilines is 9. The number of aromatic nitrogens is 9. The summed E-state index contributed by atoms with van der Waals surface area (Å²) in [6, 6.07) is 150. The molecule has 3 aliphatic rings. The smallest absolute Gasteiger partial charge is 0.238 e. The van der Waals surface area contributed by atoms with Crippen molar-refractivity contribution in [1.29, 1.82) is 0 Å². The summed E-state index contributed by atoms with van der Waals surface area (Å²) in [5.41, 5.74) is 19.4. The van der Waals surface area contributed by atoms with Crippen molar-refractivity contribution in [2.45, 2.75) is 0 Å². The average molecular weight is 1880 g/mol. The molecule has 20 aromatic carbocycles. The molecule has 0 fully saturated rings. The number of rotatable bonds is 9.